The van der Waals surface area contributed by atoms with E-state index in [0.717, 1.165) is 62.9 Å². The number of anilines is 1. The molecule has 2 heterocycles. The van der Waals surface area contributed by atoms with Crippen LogP contribution in [0.3, 0.4) is 0 Å². The molecule has 1 amide bonds. The molecule has 1 saturated heterocycles. The van der Waals surface area contributed by atoms with Crippen molar-refractivity contribution >= 4 is 22.2 Å². The molecule has 25 heavy (non-hydrogen) atoms. The number of carbonyl (C=O) groups excluding carboxylic acids is 1. The van der Waals surface area contributed by atoms with Gasteiger partial charge in [-0.25, -0.2) is 0 Å². The number of hydrogen-bond acceptors (Lipinski definition) is 5. The third-order valence-electron chi connectivity index (χ3n) is 5.59. The number of carbonyl (C=O) groups is 1. The molecule has 0 radical (unpaired) electrons. The van der Waals surface area contributed by atoms with Gasteiger partial charge in [0.05, 0.1) is 12.1 Å². The Labute approximate surface area is 154 Å². The van der Waals surface area contributed by atoms with Crippen molar-refractivity contribution in [1.29, 1.82) is 5.26 Å². The topological polar surface area (TPSA) is 59.4 Å². The molecule has 0 unspecified atom stereocenters. The van der Waals surface area contributed by atoms with Crippen LogP contribution in [0.1, 0.15) is 42.7 Å². The number of amides is 1. The van der Waals surface area contributed by atoms with E-state index in [1.807, 2.05) is 0 Å². The van der Waals surface area contributed by atoms with Crippen molar-refractivity contribution in [3.05, 3.63) is 16.0 Å². The molecule has 1 aliphatic heterocycles. The molecule has 1 aromatic heterocycles. The van der Waals surface area contributed by atoms with Crippen molar-refractivity contribution in [2.75, 3.05) is 44.6 Å². The standard InChI is InChI=1S/C19H28N4OS/c1-3-14-5-6-15-16(12-20)19(25-17(15)11-14)21-18(24)13-23-9-7-22(4-2)8-10-23/h14H,3-11,13H2,1-2H3,(H,21,24)/t14-/m1/s1. The number of fused-ring (bicyclic) bond motifs is 1. The maximum atomic E-state index is 12.5. The van der Waals surface area contributed by atoms with E-state index in [2.05, 4.69) is 35.0 Å². The Morgan fingerprint density at radius 3 is 2.64 bits per heavy atom. The van der Waals surface area contributed by atoms with E-state index in [1.54, 1.807) is 11.3 Å². The predicted octanol–water partition coefficient (Wildman–Crippen LogP) is 2.71. The summed E-state index contributed by atoms with van der Waals surface area (Å²) in [6.45, 7) is 9.82. The van der Waals surface area contributed by atoms with E-state index < -0.39 is 0 Å². The van der Waals surface area contributed by atoms with Crippen LogP contribution in [0.15, 0.2) is 0 Å². The number of likely N-dealkylation sites (N-methyl/N-ethyl adjacent to an activating group) is 1. The van der Waals surface area contributed by atoms with Crippen molar-refractivity contribution in [3.8, 4) is 6.07 Å². The number of nitrogens with zero attached hydrogens (tertiary/aromatic N) is 3. The van der Waals surface area contributed by atoms with Gasteiger partial charge in [-0.3, -0.25) is 9.69 Å². The van der Waals surface area contributed by atoms with Gasteiger partial charge in [-0.2, -0.15) is 5.26 Å². The Balaban J connectivity index is 1.62. The smallest absolute Gasteiger partial charge is 0.239 e. The number of piperazine rings is 1. The van der Waals surface area contributed by atoms with Gasteiger partial charge in [0.25, 0.3) is 0 Å². The molecule has 1 atom stereocenters. The van der Waals surface area contributed by atoms with Crippen LogP contribution in [-0.4, -0.2) is 55.0 Å². The molecule has 2 aliphatic rings. The maximum absolute atomic E-state index is 12.5. The zero-order valence-electron chi connectivity index (χ0n) is 15.3. The van der Waals surface area contributed by atoms with Gasteiger partial charge >= 0.3 is 0 Å². The third-order valence-corrected chi connectivity index (χ3v) is 6.76. The molecule has 1 fully saturated rings. The van der Waals surface area contributed by atoms with Crippen LogP contribution in [0.25, 0.3) is 0 Å². The fourth-order valence-corrected chi connectivity index (χ4v) is 5.17. The first-order valence-corrected chi connectivity index (χ1v) is 10.2. The van der Waals surface area contributed by atoms with Crippen molar-refractivity contribution in [3.63, 3.8) is 0 Å². The summed E-state index contributed by atoms with van der Waals surface area (Å²) in [5.41, 5.74) is 1.89. The summed E-state index contributed by atoms with van der Waals surface area (Å²) in [7, 11) is 0. The molecule has 0 aromatic carbocycles. The first-order valence-electron chi connectivity index (χ1n) is 9.43. The Kier molecular flexibility index (Phi) is 6.10. The predicted molar refractivity (Wildman–Crippen MR) is 102 cm³/mol. The van der Waals surface area contributed by atoms with Crippen LogP contribution in [-0.2, 0) is 17.6 Å². The van der Waals surface area contributed by atoms with Gasteiger partial charge in [-0.05, 0) is 37.3 Å². The van der Waals surface area contributed by atoms with Gasteiger partial charge in [0.15, 0.2) is 0 Å². The zero-order valence-corrected chi connectivity index (χ0v) is 16.1. The highest BCUT2D eigenvalue weighted by atomic mass is 32.1. The Morgan fingerprint density at radius 1 is 1.28 bits per heavy atom. The molecule has 6 heteroatoms. The van der Waals surface area contributed by atoms with Gasteiger partial charge < -0.3 is 10.2 Å². The Bertz CT molecular complexity index is 655. The second-order valence-electron chi connectivity index (χ2n) is 7.10. The van der Waals surface area contributed by atoms with Crippen molar-refractivity contribution < 1.29 is 4.79 Å². The minimum absolute atomic E-state index is 0.00656. The number of hydrogen-bond donors (Lipinski definition) is 1. The van der Waals surface area contributed by atoms with E-state index in [-0.39, 0.29) is 5.91 Å². The molecular weight excluding hydrogens is 332 g/mol. The van der Waals surface area contributed by atoms with Crippen molar-refractivity contribution in [1.82, 2.24) is 9.80 Å². The normalized spacial score (nSPS) is 21.6. The summed E-state index contributed by atoms with van der Waals surface area (Å²) in [6, 6.07) is 2.33. The lowest BCUT2D eigenvalue weighted by molar-refractivity contribution is -0.117. The summed E-state index contributed by atoms with van der Waals surface area (Å²) in [5, 5.41) is 13.4. The number of nitriles is 1. The summed E-state index contributed by atoms with van der Waals surface area (Å²) in [4.78, 5) is 18.4. The van der Waals surface area contributed by atoms with Crippen LogP contribution in [0.4, 0.5) is 5.00 Å². The van der Waals surface area contributed by atoms with Gasteiger partial charge in [-0.1, -0.05) is 20.3 Å². The molecule has 0 spiro atoms. The molecular formula is C19H28N4OS. The quantitative estimate of drug-likeness (QED) is 0.877. The number of thiophene rings is 1. The average Bonchev–Trinajstić information content (AvgIpc) is 2.97. The number of rotatable bonds is 5. The number of nitrogens with one attached hydrogen (secondary N) is 1. The highest BCUT2D eigenvalue weighted by Gasteiger charge is 2.26. The summed E-state index contributed by atoms with van der Waals surface area (Å²) in [5.74, 6) is 0.725. The third kappa shape index (κ3) is 4.22. The summed E-state index contributed by atoms with van der Waals surface area (Å²) in [6.07, 6.45) is 4.37. The van der Waals surface area contributed by atoms with E-state index in [9.17, 15) is 10.1 Å². The second kappa shape index (κ2) is 8.31. The highest BCUT2D eigenvalue weighted by Crippen LogP contribution is 2.39. The minimum atomic E-state index is 0.00656. The van der Waals surface area contributed by atoms with Gasteiger partial charge in [0, 0.05) is 31.1 Å². The SMILES string of the molecule is CC[C@@H]1CCc2c(sc(NC(=O)CN3CCN(CC)CC3)c2C#N)C1. The maximum Gasteiger partial charge on any atom is 0.239 e. The molecule has 5 nitrogen and oxygen atoms in total. The van der Waals surface area contributed by atoms with Crippen LogP contribution < -0.4 is 5.32 Å². The monoisotopic (exact) mass is 360 g/mol. The molecule has 1 N–H and O–H groups in total. The summed E-state index contributed by atoms with van der Waals surface area (Å²) >= 11 is 1.62. The second-order valence-corrected chi connectivity index (χ2v) is 8.20. The lowest BCUT2D eigenvalue weighted by Crippen LogP contribution is -2.48. The fraction of sp³-hybridized carbons (Fsp3) is 0.684. The van der Waals surface area contributed by atoms with Crippen molar-refractivity contribution in [2.24, 2.45) is 5.92 Å². The first-order chi connectivity index (χ1) is 12.1. The minimum Gasteiger partial charge on any atom is -0.315 e. The van der Waals surface area contributed by atoms with Crippen LogP contribution in [0.2, 0.25) is 0 Å². The van der Waals surface area contributed by atoms with Gasteiger partial charge in [0.2, 0.25) is 5.91 Å². The fourth-order valence-electron chi connectivity index (χ4n) is 3.84. The first kappa shape index (κ1) is 18.4. The Hall–Kier alpha value is -1.42. The Morgan fingerprint density at radius 2 is 2.00 bits per heavy atom. The van der Waals surface area contributed by atoms with E-state index in [1.165, 1.54) is 16.9 Å². The van der Waals surface area contributed by atoms with E-state index >= 15 is 0 Å². The molecule has 3 rings (SSSR count). The molecule has 136 valence electrons. The van der Waals surface area contributed by atoms with Crippen LogP contribution in [0.5, 0.6) is 0 Å². The summed E-state index contributed by atoms with van der Waals surface area (Å²) < 4.78 is 0. The lowest BCUT2D eigenvalue weighted by Gasteiger charge is -2.33. The lowest BCUT2D eigenvalue weighted by atomic mass is 9.86. The van der Waals surface area contributed by atoms with Crippen LogP contribution >= 0.6 is 11.3 Å². The average molecular weight is 361 g/mol. The zero-order chi connectivity index (χ0) is 17.8. The molecule has 1 aromatic rings. The van der Waals surface area contributed by atoms with Gasteiger partial charge in [0.1, 0.15) is 11.1 Å². The van der Waals surface area contributed by atoms with Crippen molar-refractivity contribution in [2.45, 2.75) is 39.5 Å². The van der Waals surface area contributed by atoms with E-state index in [0.29, 0.717) is 12.1 Å². The van der Waals surface area contributed by atoms with Gasteiger partial charge in [-0.15, -0.1) is 11.3 Å². The molecule has 0 bridgehead atoms. The highest BCUT2D eigenvalue weighted by molar-refractivity contribution is 7.16. The largest absolute Gasteiger partial charge is 0.315 e. The molecule has 1 aliphatic carbocycles. The van der Waals surface area contributed by atoms with E-state index in [4.69, 9.17) is 0 Å². The van der Waals surface area contributed by atoms with Crippen LogP contribution in [0, 0.1) is 17.2 Å². The molecule has 0 saturated carbocycles.